The van der Waals surface area contributed by atoms with Crippen LogP contribution in [0.4, 0.5) is 0 Å². The van der Waals surface area contributed by atoms with Gasteiger partial charge >= 0.3 is 5.97 Å². The molecule has 20 heavy (non-hydrogen) atoms. The van der Waals surface area contributed by atoms with Crippen LogP contribution in [0.2, 0.25) is 0 Å². The molecular formula is C16H14N2O2. The molecule has 2 aromatic rings. The maximum absolute atomic E-state index is 10.8. The molecule has 0 saturated carbocycles. The number of hydrogen-bond acceptors (Lipinski definition) is 3. The van der Waals surface area contributed by atoms with Crippen molar-refractivity contribution in [1.29, 1.82) is 0 Å². The summed E-state index contributed by atoms with van der Waals surface area (Å²) in [7, 11) is 0. The standard InChI is InChI=1S/C16H14N2O2/c19-16(20)14-7-3-12(4-8-14)11-1-5-13(6-2-11)15-17-9-10-18-15/h1-8H,9-10H2,(H,17,18)(H,19,20). The quantitative estimate of drug-likeness (QED) is 0.896. The van der Waals surface area contributed by atoms with Crippen LogP contribution in [0.15, 0.2) is 53.5 Å². The summed E-state index contributed by atoms with van der Waals surface area (Å²) < 4.78 is 0. The first-order valence-corrected chi connectivity index (χ1v) is 6.46. The lowest BCUT2D eigenvalue weighted by Gasteiger charge is -2.05. The summed E-state index contributed by atoms with van der Waals surface area (Å²) in [5.74, 6) is 0.0370. The van der Waals surface area contributed by atoms with Crippen molar-refractivity contribution in [2.75, 3.05) is 13.1 Å². The van der Waals surface area contributed by atoms with Crippen LogP contribution in [0.3, 0.4) is 0 Å². The van der Waals surface area contributed by atoms with Crippen molar-refractivity contribution in [3.8, 4) is 11.1 Å². The fraction of sp³-hybridized carbons (Fsp3) is 0.125. The zero-order chi connectivity index (χ0) is 13.9. The summed E-state index contributed by atoms with van der Waals surface area (Å²) in [6.07, 6.45) is 0. The summed E-state index contributed by atoms with van der Waals surface area (Å²) >= 11 is 0. The van der Waals surface area contributed by atoms with Crippen molar-refractivity contribution in [3.05, 3.63) is 59.7 Å². The van der Waals surface area contributed by atoms with Gasteiger partial charge in [-0.05, 0) is 23.3 Å². The molecular weight excluding hydrogens is 252 g/mol. The molecule has 0 unspecified atom stereocenters. The summed E-state index contributed by atoms with van der Waals surface area (Å²) in [6, 6.07) is 15.0. The van der Waals surface area contributed by atoms with Crippen LogP contribution in [0.1, 0.15) is 15.9 Å². The molecule has 3 rings (SSSR count). The van der Waals surface area contributed by atoms with E-state index >= 15 is 0 Å². The third-order valence-corrected chi connectivity index (χ3v) is 3.30. The highest BCUT2D eigenvalue weighted by atomic mass is 16.4. The number of aliphatic imine (C=N–C) groups is 1. The molecule has 0 aromatic heterocycles. The molecule has 100 valence electrons. The Morgan fingerprint density at radius 2 is 1.50 bits per heavy atom. The molecule has 0 spiro atoms. The zero-order valence-electron chi connectivity index (χ0n) is 10.8. The molecule has 0 fully saturated rings. The van der Waals surface area contributed by atoms with Crippen molar-refractivity contribution < 1.29 is 9.90 Å². The van der Waals surface area contributed by atoms with Gasteiger partial charge < -0.3 is 10.4 Å². The van der Waals surface area contributed by atoms with Crippen LogP contribution in [0.5, 0.6) is 0 Å². The predicted octanol–water partition coefficient (Wildman–Crippen LogP) is 2.40. The van der Waals surface area contributed by atoms with Gasteiger partial charge in [0.05, 0.1) is 12.1 Å². The van der Waals surface area contributed by atoms with Gasteiger partial charge in [0.25, 0.3) is 0 Å². The van der Waals surface area contributed by atoms with Gasteiger partial charge in [-0.25, -0.2) is 4.79 Å². The van der Waals surface area contributed by atoms with Crippen LogP contribution in [0.25, 0.3) is 11.1 Å². The monoisotopic (exact) mass is 266 g/mol. The molecule has 0 saturated heterocycles. The lowest BCUT2D eigenvalue weighted by Crippen LogP contribution is -2.19. The van der Waals surface area contributed by atoms with E-state index in [1.54, 1.807) is 12.1 Å². The van der Waals surface area contributed by atoms with Crippen LogP contribution in [0, 0.1) is 0 Å². The SMILES string of the molecule is O=C(O)c1ccc(-c2ccc(C3=NCCN3)cc2)cc1. The minimum atomic E-state index is -0.905. The summed E-state index contributed by atoms with van der Waals surface area (Å²) in [4.78, 5) is 15.2. The molecule has 1 heterocycles. The summed E-state index contributed by atoms with van der Waals surface area (Å²) in [5.41, 5.74) is 3.44. The molecule has 0 bridgehead atoms. The number of carboxylic acids is 1. The van der Waals surface area contributed by atoms with Gasteiger partial charge in [-0.2, -0.15) is 0 Å². The lowest BCUT2D eigenvalue weighted by molar-refractivity contribution is 0.0697. The van der Waals surface area contributed by atoms with Crippen molar-refractivity contribution in [2.24, 2.45) is 4.99 Å². The number of nitrogens with one attached hydrogen (secondary N) is 1. The van der Waals surface area contributed by atoms with Crippen molar-refractivity contribution in [2.45, 2.75) is 0 Å². The Balaban J connectivity index is 1.85. The number of amidine groups is 1. The Morgan fingerprint density at radius 3 is 2.00 bits per heavy atom. The lowest BCUT2D eigenvalue weighted by atomic mass is 10.0. The molecule has 0 atom stereocenters. The first-order valence-electron chi connectivity index (χ1n) is 6.46. The largest absolute Gasteiger partial charge is 0.478 e. The second-order valence-corrected chi connectivity index (χ2v) is 4.62. The predicted molar refractivity (Wildman–Crippen MR) is 78.2 cm³/mol. The molecule has 0 aliphatic carbocycles. The average Bonchev–Trinajstić information content (AvgIpc) is 3.02. The number of nitrogens with zero attached hydrogens (tertiary/aromatic N) is 1. The summed E-state index contributed by atoms with van der Waals surface area (Å²) in [5, 5.41) is 12.1. The van der Waals surface area contributed by atoms with Crippen molar-refractivity contribution in [1.82, 2.24) is 5.32 Å². The normalized spacial score (nSPS) is 13.7. The van der Waals surface area contributed by atoms with Crippen LogP contribution < -0.4 is 5.32 Å². The van der Waals surface area contributed by atoms with Gasteiger partial charge in [-0.1, -0.05) is 36.4 Å². The van der Waals surface area contributed by atoms with Gasteiger partial charge in [0.2, 0.25) is 0 Å². The molecule has 1 aliphatic heterocycles. The first kappa shape index (κ1) is 12.4. The van der Waals surface area contributed by atoms with Crippen LogP contribution >= 0.6 is 0 Å². The number of aromatic carboxylic acids is 1. The van der Waals surface area contributed by atoms with Crippen molar-refractivity contribution in [3.63, 3.8) is 0 Å². The number of carboxylic acid groups (broad SMARTS) is 1. The van der Waals surface area contributed by atoms with E-state index in [0.717, 1.165) is 35.6 Å². The Labute approximate surface area is 116 Å². The van der Waals surface area contributed by atoms with E-state index in [0.29, 0.717) is 5.56 Å². The molecule has 1 aliphatic rings. The fourth-order valence-electron chi connectivity index (χ4n) is 2.22. The minimum absolute atomic E-state index is 0.301. The van der Waals surface area contributed by atoms with Crippen molar-refractivity contribution >= 4 is 11.8 Å². The van der Waals surface area contributed by atoms with E-state index < -0.39 is 5.97 Å². The van der Waals surface area contributed by atoms with Gasteiger partial charge in [0.15, 0.2) is 0 Å². The Hall–Kier alpha value is -2.62. The molecule has 4 heteroatoms. The smallest absolute Gasteiger partial charge is 0.335 e. The third-order valence-electron chi connectivity index (χ3n) is 3.30. The second-order valence-electron chi connectivity index (χ2n) is 4.62. The molecule has 4 nitrogen and oxygen atoms in total. The molecule has 2 aromatic carbocycles. The Bertz CT molecular complexity index is 658. The van der Waals surface area contributed by atoms with E-state index in [2.05, 4.69) is 10.3 Å². The average molecular weight is 266 g/mol. The first-order chi connectivity index (χ1) is 9.74. The second kappa shape index (κ2) is 5.17. The molecule has 0 radical (unpaired) electrons. The molecule has 2 N–H and O–H groups in total. The van der Waals surface area contributed by atoms with E-state index in [9.17, 15) is 4.79 Å². The van der Waals surface area contributed by atoms with Gasteiger partial charge in [0.1, 0.15) is 5.84 Å². The van der Waals surface area contributed by atoms with Gasteiger partial charge in [-0.3, -0.25) is 4.99 Å². The minimum Gasteiger partial charge on any atom is -0.478 e. The molecule has 0 amide bonds. The van der Waals surface area contributed by atoms with Gasteiger partial charge in [-0.15, -0.1) is 0 Å². The number of carbonyl (C=O) groups is 1. The van der Waals surface area contributed by atoms with Gasteiger partial charge in [0, 0.05) is 12.1 Å². The maximum atomic E-state index is 10.8. The maximum Gasteiger partial charge on any atom is 0.335 e. The van der Waals surface area contributed by atoms with E-state index in [-0.39, 0.29) is 0 Å². The fourth-order valence-corrected chi connectivity index (χ4v) is 2.22. The highest BCUT2D eigenvalue weighted by molar-refractivity contribution is 6.00. The Kier molecular flexibility index (Phi) is 3.21. The highest BCUT2D eigenvalue weighted by Gasteiger charge is 2.08. The zero-order valence-corrected chi connectivity index (χ0v) is 10.8. The summed E-state index contributed by atoms with van der Waals surface area (Å²) in [6.45, 7) is 1.72. The van der Waals surface area contributed by atoms with E-state index in [1.165, 1.54) is 0 Å². The van der Waals surface area contributed by atoms with Crippen LogP contribution in [-0.4, -0.2) is 30.0 Å². The van der Waals surface area contributed by atoms with E-state index in [1.807, 2.05) is 36.4 Å². The van der Waals surface area contributed by atoms with Crippen LogP contribution in [-0.2, 0) is 0 Å². The Morgan fingerprint density at radius 1 is 0.950 bits per heavy atom. The highest BCUT2D eigenvalue weighted by Crippen LogP contribution is 2.20. The topological polar surface area (TPSA) is 61.7 Å². The third kappa shape index (κ3) is 2.40. The number of rotatable bonds is 3. The number of hydrogen-bond donors (Lipinski definition) is 2. The number of benzene rings is 2. The van der Waals surface area contributed by atoms with E-state index in [4.69, 9.17) is 5.11 Å².